The molecule has 1 aromatic carbocycles. The molecule has 0 spiro atoms. The van der Waals surface area contributed by atoms with Crippen molar-refractivity contribution in [3.63, 3.8) is 0 Å². The lowest BCUT2D eigenvalue weighted by Crippen LogP contribution is -2.41. The van der Waals surface area contributed by atoms with E-state index in [1.54, 1.807) is 24.0 Å². The minimum atomic E-state index is -0.395. The van der Waals surface area contributed by atoms with Crippen LogP contribution in [0, 0.1) is 24.2 Å². The van der Waals surface area contributed by atoms with Crippen molar-refractivity contribution in [3.8, 4) is 11.8 Å². The first-order valence-corrected chi connectivity index (χ1v) is 8.58. The Morgan fingerprint density at radius 2 is 2.12 bits per heavy atom. The second-order valence-corrected chi connectivity index (χ2v) is 6.15. The molecule has 1 aliphatic rings. The first-order chi connectivity index (χ1) is 12.5. The Hall–Kier alpha value is -3.01. The molecule has 0 aromatic heterocycles. The molecule has 0 bridgehead atoms. The van der Waals surface area contributed by atoms with Gasteiger partial charge < -0.3 is 20.1 Å². The molecule has 1 fully saturated rings. The number of amides is 1. The number of piperidine rings is 1. The van der Waals surface area contributed by atoms with Gasteiger partial charge in [0.1, 0.15) is 17.4 Å². The van der Waals surface area contributed by atoms with Crippen LogP contribution in [0.3, 0.4) is 0 Å². The number of aryl methyl sites for hydroxylation is 1. The Labute approximate surface area is 152 Å². The van der Waals surface area contributed by atoms with Crippen LogP contribution >= 0.6 is 0 Å². The SMILES string of the molecule is CCOC(=O)C1CCN(C(=O)/C(C#N)=C\Nc2ccc(C)cc2O)CC1. The minimum absolute atomic E-state index is 0.0428. The fourth-order valence-electron chi connectivity index (χ4n) is 2.80. The van der Waals surface area contributed by atoms with E-state index in [-0.39, 0.29) is 23.2 Å². The van der Waals surface area contributed by atoms with Crippen LogP contribution in [0.4, 0.5) is 5.69 Å². The number of phenolic OH excluding ortho intramolecular Hbond substituents is 1. The van der Waals surface area contributed by atoms with Crippen LogP contribution in [-0.2, 0) is 14.3 Å². The standard InChI is InChI=1S/C19H23N3O4/c1-3-26-19(25)14-6-8-22(9-7-14)18(24)15(11-20)12-21-16-5-4-13(2)10-17(16)23/h4-5,10,12,14,21,23H,3,6-9H2,1-2H3/b15-12-. The Balaban J connectivity index is 1.98. The quantitative estimate of drug-likeness (QED) is 0.363. The van der Waals surface area contributed by atoms with Crippen molar-refractivity contribution >= 4 is 17.6 Å². The maximum absolute atomic E-state index is 12.5. The molecule has 1 aromatic rings. The van der Waals surface area contributed by atoms with Gasteiger partial charge in [0.05, 0.1) is 18.2 Å². The monoisotopic (exact) mass is 357 g/mol. The molecular weight excluding hydrogens is 334 g/mol. The zero-order chi connectivity index (χ0) is 19.1. The van der Waals surface area contributed by atoms with E-state index in [2.05, 4.69) is 5.32 Å². The number of carbonyl (C=O) groups excluding carboxylic acids is 2. The molecular formula is C19H23N3O4. The van der Waals surface area contributed by atoms with E-state index >= 15 is 0 Å². The Morgan fingerprint density at radius 3 is 2.69 bits per heavy atom. The summed E-state index contributed by atoms with van der Waals surface area (Å²) in [6.45, 7) is 4.76. The third kappa shape index (κ3) is 4.76. The highest BCUT2D eigenvalue weighted by atomic mass is 16.5. The van der Waals surface area contributed by atoms with Gasteiger partial charge in [0.25, 0.3) is 5.91 Å². The number of nitrogens with one attached hydrogen (secondary N) is 1. The molecule has 0 atom stereocenters. The number of esters is 1. The molecule has 0 unspecified atom stereocenters. The van der Waals surface area contributed by atoms with Gasteiger partial charge in [-0.05, 0) is 44.4 Å². The van der Waals surface area contributed by atoms with Gasteiger partial charge in [-0.1, -0.05) is 6.07 Å². The van der Waals surface area contributed by atoms with E-state index in [1.165, 1.54) is 6.20 Å². The zero-order valence-corrected chi connectivity index (χ0v) is 15.0. The number of aromatic hydroxyl groups is 1. The summed E-state index contributed by atoms with van der Waals surface area (Å²) in [5.41, 5.74) is 1.26. The molecule has 0 aliphatic carbocycles. The average molecular weight is 357 g/mol. The summed E-state index contributed by atoms with van der Waals surface area (Å²) in [6.07, 6.45) is 2.34. The van der Waals surface area contributed by atoms with E-state index in [1.807, 2.05) is 19.1 Å². The van der Waals surface area contributed by atoms with Crippen molar-refractivity contribution in [2.45, 2.75) is 26.7 Å². The van der Waals surface area contributed by atoms with Crippen LogP contribution in [0.15, 0.2) is 30.0 Å². The number of likely N-dealkylation sites (tertiary alicyclic amines) is 1. The van der Waals surface area contributed by atoms with Crippen LogP contribution in [0.2, 0.25) is 0 Å². The van der Waals surface area contributed by atoms with E-state index in [9.17, 15) is 20.0 Å². The van der Waals surface area contributed by atoms with Gasteiger partial charge in [-0.15, -0.1) is 0 Å². The Bertz CT molecular complexity index is 744. The van der Waals surface area contributed by atoms with Gasteiger partial charge in [-0.25, -0.2) is 0 Å². The molecule has 1 saturated heterocycles. The summed E-state index contributed by atoms with van der Waals surface area (Å²) in [4.78, 5) is 25.8. The highest BCUT2D eigenvalue weighted by Crippen LogP contribution is 2.24. The molecule has 26 heavy (non-hydrogen) atoms. The normalized spacial score (nSPS) is 15.3. The van der Waals surface area contributed by atoms with Gasteiger partial charge in [0.2, 0.25) is 0 Å². The first-order valence-electron chi connectivity index (χ1n) is 8.58. The average Bonchev–Trinajstić information content (AvgIpc) is 2.64. The van der Waals surface area contributed by atoms with Gasteiger partial charge in [-0.3, -0.25) is 9.59 Å². The van der Waals surface area contributed by atoms with Crippen molar-refractivity contribution in [2.75, 3.05) is 25.0 Å². The number of rotatable bonds is 5. The van der Waals surface area contributed by atoms with Crippen molar-refractivity contribution in [2.24, 2.45) is 5.92 Å². The number of nitriles is 1. The Morgan fingerprint density at radius 1 is 1.42 bits per heavy atom. The number of anilines is 1. The highest BCUT2D eigenvalue weighted by molar-refractivity contribution is 5.97. The summed E-state index contributed by atoms with van der Waals surface area (Å²) in [7, 11) is 0. The zero-order valence-electron chi connectivity index (χ0n) is 15.0. The topological polar surface area (TPSA) is 103 Å². The molecule has 1 aliphatic heterocycles. The molecule has 1 heterocycles. The minimum Gasteiger partial charge on any atom is -0.506 e. The molecule has 2 N–H and O–H groups in total. The maximum atomic E-state index is 12.5. The highest BCUT2D eigenvalue weighted by Gasteiger charge is 2.29. The number of benzene rings is 1. The second-order valence-electron chi connectivity index (χ2n) is 6.15. The molecule has 0 saturated carbocycles. The lowest BCUT2D eigenvalue weighted by atomic mass is 9.96. The fourth-order valence-corrected chi connectivity index (χ4v) is 2.80. The van der Waals surface area contributed by atoms with Crippen LogP contribution < -0.4 is 5.32 Å². The van der Waals surface area contributed by atoms with Crippen LogP contribution in [0.25, 0.3) is 0 Å². The number of hydrogen-bond acceptors (Lipinski definition) is 6. The number of phenols is 1. The number of carbonyl (C=O) groups is 2. The lowest BCUT2D eigenvalue weighted by Gasteiger charge is -2.30. The van der Waals surface area contributed by atoms with Crippen LogP contribution in [0.5, 0.6) is 5.75 Å². The molecule has 0 radical (unpaired) electrons. The fraction of sp³-hybridized carbons (Fsp3) is 0.421. The van der Waals surface area contributed by atoms with Crippen molar-refractivity contribution in [1.82, 2.24) is 4.90 Å². The summed E-state index contributed by atoms with van der Waals surface area (Å²) in [6, 6.07) is 6.96. The lowest BCUT2D eigenvalue weighted by molar-refractivity contribution is -0.150. The van der Waals surface area contributed by atoms with E-state index in [4.69, 9.17) is 4.74 Å². The second kappa shape index (κ2) is 8.90. The number of hydrogen-bond donors (Lipinski definition) is 2. The molecule has 138 valence electrons. The van der Waals surface area contributed by atoms with E-state index < -0.39 is 5.91 Å². The van der Waals surface area contributed by atoms with Gasteiger partial charge in [0.15, 0.2) is 0 Å². The van der Waals surface area contributed by atoms with Gasteiger partial charge in [-0.2, -0.15) is 5.26 Å². The molecule has 7 heteroatoms. The van der Waals surface area contributed by atoms with E-state index in [0.717, 1.165) is 5.56 Å². The first kappa shape index (κ1) is 19.3. The Kier molecular flexibility index (Phi) is 6.61. The maximum Gasteiger partial charge on any atom is 0.309 e. The summed E-state index contributed by atoms with van der Waals surface area (Å²) in [5.74, 6) is -0.779. The number of ether oxygens (including phenoxy) is 1. The van der Waals surface area contributed by atoms with Crippen LogP contribution in [0.1, 0.15) is 25.3 Å². The summed E-state index contributed by atoms with van der Waals surface area (Å²) in [5, 5.41) is 22.0. The van der Waals surface area contributed by atoms with Crippen LogP contribution in [-0.4, -0.2) is 41.6 Å². The van der Waals surface area contributed by atoms with Crippen molar-refractivity contribution in [1.29, 1.82) is 5.26 Å². The molecule has 2 rings (SSSR count). The smallest absolute Gasteiger partial charge is 0.309 e. The predicted molar refractivity (Wildman–Crippen MR) is 96.1 cm³/mol. The summed E-state index contributed by atoms with van der Waals surface area (Å²) < 4.78 is 5.01. The van der Waals surface area contributed by atoms with E-state index in [0.29, 0.717) is 38.2 Å². The number of nitrogens with zero attached hydrogens (tertiary/aromatic N) is 2. The molecule has 7 nitrogen and oxygen atoms in total. The third-order valence-corrected chi connectivity index (χ3v) is 4.28. The summed E-state index contributed by atoms with van der Waals surface area (Å²) >= 11 is 0. The predicted octanol–water partition coefficient (Wildman–Crippen LogP) is 2.32. The molecule has 1 amide bonds. The van der Waals surface area contributed by atoms with Gasteiger partial charge in [0, 0.05) is 19.3 Å². The van der Waals surface area contributed by atoms with Gasteiger partial charge >= 0.3 is 5.97 Å². The largest absolute Gasteiger partial charge is 0.506 e. The van der Waals surface area contributed by atoms with Crippen molar-refractivity contribution < 1.29 is 19.4 Å². The van der Waals surface area contributed by atoms with Crippen molar-refractivity contribution in [3.05, 3.63) is 35.5 Å². The third-order valence-electron chi connectivity index (χ3n) is 4.28.